The predicted octanol–water partition coefficient (Wildman–Crippen LogP) is 3.51. The summed E-state index contributed by atoms with van der Waals surface area (Å²) in [5, 5.41) is 0. The minimum atomic E-state index is -0.664. The van der Waals surface area contributed by atoms with Crippen molar-refractivity contribution in [2.75, 3.05) is 5.75 Å². The Morgan fingerprint density at radius 3 is 2.73 bits per heavy atom. The van der Waals surface area contributed by atoms with Gasteiger partial charge in [0.2, 0.25) is 5.91 Å². The smallest absolute Gasteiger partial charge is 0.242 e. The van der Waals surface area contributed by atoms with Gasteiger partial charge in [-0.3, -0.25) is 14.4 Å². The summed E-state index contributed by atoms with van der Waals surface area (Å²) in [5.74, 6) is -1.47. The fourth-order valence-corrected chi connectivity index (χ4v) is 2.60. The molecule has 2 rings (SSSR count). The molecule has 1 aromatic heterocycles. The second kappa shape index (κ2) is 7.35. The SMILES string of the molecule is CC(C)N=c1ccccn1C(=O)CSc1ccc(F)cc1F. The van der Waals surface area contributed by atoms with Crippen molar-refractivity contribution in [3.8, 4) is 0 Å². The Hall–Kier alpha value is -1.95. The molecule has 6 heteroatoms. The van der Waals surface area contributed by atoms with E-state index in [9.17, 15) is 13.6 Å². The Balaban J connectivity index is 2.17. The monoisotopic (exact) mass is 322 g/mol. The van der Waals surface area contributed by atoms with Gasteiger partial charge in [0.05, 0.1) is 5.75 Å². The molecule has 0 atom stereocenters. The third kappa shape index (κ3) is 4.27. The Bertz CT molecular complexity index is 741. The molecule has 0 fully saturated rings. The summed E-state index contributed by atoms with van der Waals surface area (Å²) >= 11 is 1.03. The van der Waals surface area contributed by atoms with E-state index in [1.165, 1.54) is 16.7 Å². The lowest BCUT2D eigenvalue weighted by atomic mass is 10.3. The Morgan fingerprint density at radius 2 is 2.05 bits per heavy atom. The number of rotatable bonds is 4. The number of halogens is 2. The highest BCUT2D eigenvalue weighted by atomic mass is 32.2. The maximum absolute atomic E-state index is 13.6. The highest BCUT2D eigenvalue weighted by Gasteiger charge is 2.10. The molecule has 0 saturated heterocycles. The third-order valence-electron chi connectivity index (χ3n) is 2.74. The zero-order valence-electron chi connectivity index (χ0n) is 12.3. The molecule has 0 N–H and O–H groups in total. The van der Waals surface area contributed by atoms with Crippen LogP contribution in [0.25, 0.3) is 0 Å². The van der Waals surface area contributed by atoms with Crippen LogP contribution < -0.4 is 5.49 Å². The minimum absolute atomic E-state index is 0.0395. The summed E-state index contributed by atoms with van der Waals surface area (Å²) in [4.78, 5) is 16.9. The van der Waals surface area contributed by atoms with Crippen molar-refractivity contribution in [1.29, 1.82) is 0 Å². The van der Waals surface area contributed by atoms with Crippen LogP contribution in [0.1, 0.15) is 18.6 Å². The number of carbonyl (C=O) groups excluding carboxylic acids is 1. The van der Waals surface area contributed by atoms with E-state index < -0.39 is 11.6 Å². The normalized spacial score (nSPS) is 12.0. The van der Waals surface area contributed by atoms with Crippen LogP contribution in [0.2, 0.25) is 0 Å². The molecule has 0 saturated carbocycles. The van der Waals surface area contributed by atoms with E-state index in [1.54, 1.807) is 24.4 Å². The van der Waals surface area contributed by atoms with Gasteiger partial charge in [-0.1, -0.05) is 6.07 Å². The van der Waals surface area contributed by atoms with Crippen molar-refractivity contribution in [2.24, 2.45) is 4.99 Å². The zero-order chi connectivity index (χ0) is 16.1. The number of nitrogens with zero attached hydrogens (tertiary/aromatic N) is 2. The highest BCUT2D eigenvalue weighted by Crippen LogP contribution is 2.22. The molecular weight excluding hydrogens is 306 g/mol. The summed E-state index contributed by atoms with van der Waals surface area (Å²) in [6.07, 6.45) is 1.63. The maximum Gasteiger partial charge on any atom is 0.242 e. The van der Waals surface area contributed by atoms with Crippen LogP contribution in [0.4, 0.5) is 8.78 Å². The number of thioether (sulfide) groups is 1. The topological polar surface area (TPSA) is 34.4 Å². The average Bonchev–Trinajstić information content (AvgIpc) is 2.46. The summed E-state index contributed by atoms with van der Waals surface area (Å²) in [7, 11) is 0. The van der Waals surface area contributed by atoms with Crippen molar-refractivity contribution >= 4 is 17.7 Å². The summed E-state index contributed by atoms with van der Waals surface area (Å²) in [5.41, 5.74) is 0.558. The fourth-order valence-electron chi connectivity index (χ4n) is 1.82. The van der Waals surface area contributed by atoms with Gasteiger partial charge in [-0.15, -0.1) is 11.8 Å². The first-order chi connectivity index (χ1) is 10.5. The summed E-state index contributed by atoms with van der Waals surface area (Å²) < 4.78 is 27.8. The molecule has 0 aliphatic rings. The Morgan fingerprint density at radius 1 is 1.27 bits per heavy atom. The van der Waals surface area contributed by atoms with Crippen molar-refractivity contribution in [3.05, 3.63) is 59.7 Å². The molecular formula is C16H16F2N2OS. The Kier molecular flexibility index (Phi) is 5.49. The van der Waals surface area contributed by atoms with Crippen molar-refractivity contribution in [3.63, 3.8) is 0 Å². The molecule has 116 valence electrons. The first-order valence-electron chi connectivity index (χ1n) is 6.80. The second-order valence-corrected chi connectivity index (χ2v) is 5.93. The van der Waals surface area contributed by atoms with Gasteiger partial charge in [-0.05, 0) is 38.1 Å². The van der Waals surface area contributed by atoms with Crippen molar-refractivity contribution in [1.82, 2.24) is 4.57 Å². The van der Waals surface area contributed by atoms with Crippen LogP contribution >= 0.6 is 11.8 Å². The molecule has 1 aromatic carbocycles. The Labute approximate surface area is 131 Å². The number of benzene rings is 1. The van der Waals surface area contributed by atoms with Crippen LogP contribution in [0.15, 0.2) is 52.5 Å². The van der Waals surface area contributed by atoms with Gasteiger partial charge in [-0.25, -0.2) is 8.78 Å². The van der Waals surface area contributed by atoms with Crippen LogP contribution in [0, 0.1) is 11.6 Å². The number of hydrogen-bond acceptors (Lipinski definition) is 3. The molecule has 1 heterocycles. The molecule has 22 heavy (non-hydrogen) atoms. The molecule has 0 unspecified atom stereocenters. The van der Waals surface area contributed by atoms with E-state index in [2.05, 4.69) is 4.99 Å². The molecule has 0 radical (unpaired) electrons. The lowest BCUT2D eigenvalue weighted by Gasteiger charge is -2.07. The maximum atomic E-state index is 13.6. The van der Waals surface area contributed by atoms with E-state index >= 15 is 0 Å². The first kappa shape index (κ1) is 16.4. The molecule has 0 aliphatic carbocycles. The van der Waals surface area contributed by atoms with E-state index in [-0.39, 0.29) is 22.6 Å². The average molecular weight is 322 g/mol. The highest BCUT2D eigenvalue weighted by molar-refractivity contribution is 8.00. The number of carbonyl (C=O) groups is 1. The number of aromatic nitrogens is 1. The fraction of sp³-hybridized carbons (Fsp3) is 0.250. The van der Waals surface area contributed by atoms with Gasteiger partial charge in [0.25, 0.3) is 0 Å². The molecule has 0 amide bonds. The van der Waals surface area contributed by atoms with Crippen LogP contribution in [-0.2, 0) is 0 Å². The summed E-state index contributed by atoms with van der Waals surface area (Å²) in [6, 6.07) is 8.66. The van der Waals surface area contributed by atoms with E-state index in [4.69, 9.17) is 0 Å². The van der Waals surface area contributed by atoms with Gasteiger partial charge >= 0.3 is 0 Å². The number of pyridine rings is 1. The van der Waals surface area contributed by atoms with Gasteiger partial charge in [0, 0.05) is 23.2 Å². The minimum Gasteiger partial charge on any atom is -0.273 e. The van der Waals surface area contributed by atoms with E-state index in [0.717, 1.165) is 17.8 Å². The lowest BCUT2D eigenvalue weighted by molar-refractivity contribution is 0.0936. The summed E-state index contributed by atoms with van der Waals surface area (Å²) in [6.45, 7) is 3.84. The van der Waals surface area contributed by atoms with Gasteiger partial charge in [-0.2, -0.15) is 0 Å². The van der Waals surface area contributed by atoms with Gasteiger partial charge in [0.15, 0.2) is 0 Å². The molecule has 2 aromatic rings. The van der Waals surface area contributed by atoms with Crippen LogP contribution in [-0.4, -0.2) is 22.3 Å². The molecule has 0 aliphatic heterocycles. The third-order valence-corrected chi connectivity index (χ3v) is 3.78. The van der Waals surface area contributed by atoms with Gasteiger partial charge < -0.3 is 0 Å². The van der Waals surface area contributed by atoms with Crippen molar-refractivity contribution < 1.29 is 13.6 Å². The number of hydrogen-bond donors (Lipinski definition) is 0. The predicted molar refractivity (Wildman–Crippen MR) is 82.8 cm³/mol. The largest absolute Gasteiger partial charge is 0.273 e. The van der Waals surface area contributed by atoms with Crippen molar-refractivity contribution in [2.45, 2.75) is 24.8 Å². The van der Waals surface area contributed by atoms with E-state index in [1.807, 2.05) is 13.8 Å². The first-order valence-corrected chi connectivity index (χ1v) is 7.78. The molecule has 0 bridgehead atoms. The standard InChI is InChI=1S/C16H16F2N2OS/c1-11(2)19-15-5-3-4-8-20(15)16(21)10-22-14-7-6-12(17)9-13(14)18/h3-9,11H,10H2,1-2H3. The second-order valence-electron chi connectivity index (χ2n) is 4.91. The quantitative estimate of drug-likeness (QED) is 0.807. The van der Waals surface area contributed by atoms with Gasteiger partial charge in [0.1, 0.15) is 17.1 Å². The van der Waals surface area contributed by atoms with Crippen LogP contribution in [0.3, 0.4) is 0 Å². The van der Waals surface area contributed by atoms with E-state index in [0.29, 0.717) is 5.49 Å². The molecule has 0 spiro atoms. The van der Waals surface area contributed by atoms with Crippen LogP contribution in [0.5, 0.6) is 0 Å². The zero-order valence-corrected chi connectivity index (χ0v) is 13.1. The molecule has 3 nitrogen and oxygen atoms in total. The lowest BCUT2D eigenvalue weighted by Crippen LogP contribution is -2.28.